The average Bonchev–Trinajstić information content (AvgIpc) is 2.89. The maximum absolute atomic E-state index is 10.3. The highest BCUT2D eigenvalue weighted by Gasteiger charge is 1.96. The Balaban J connectivity index is 0. The molecule has 0 aliphatic heterocycles. The Bertz CT molecular complexity index is 417. The fraction of sp³-hybridized carbons (Fsp3) is 0.912. The maximum Gasteiger partial charge on any atom is 0.303 e. The van der Waals surface area contributed by atoms with Gasteiger partial charge in [-0.25, -0.2) is 0 Å². The van der Waals surface area contributed by atoms with Gasteiger partial charge >= 0.3 is 5.97 Å². The van der Waals surface area contributed by atoms with Crippen LogP contribution in [0.15, 0.2) is 12.2 Å². The molecule has 0 saturated heterocycles. The first-order chi connectivity index (χ1) is 18.2. The average molecular weight is 525 g/mol. The molecule has 3 nitrogen and oxygen atoms in total. The van der Waals surface area contributed by atoms with Crippen LogP contribution in [0.1, 0.15) is 194 Å². The second kappa shape index (κ2) is 37.3. The fourth-order valence-electron chi connectivity index (χ4n) is 4.65. The normalized spacial score (nSPS) is 11.1. The predicted octanol–water partition coefficient (Wildman–Crippen LogP) is 11.6. The van der Waals surface area contributed by atoms with Crippen LogP contribution >= 0.6 is 0 Å². The zero-order chi connectivity index (χ0) is 27.5. The van der Waals surface area contributed by atoms with Crippen LogP contribution in [0.25, 0.3) is 0 Å². The SMILES string of the molecule is CCCCCC/C=C\CCCCCCCC(=O)O.CCCCCCCCCCCCCCCCCCO. The summed E-state index contributed by atoms with van der Waals surface area (Å²) in [6, 6.07) is 0. The molecule has 2 N–H and O–H groups in total. The van der Waals surface area contributed by atoms with Gasteiger partial charge in [0.2, 0.25) is 0 Å². The van der Waals surface area contributed by atoms with Gasteiger partial charge in [0.15, 0.2) is 0 Å². The van der Waals surface area contributed by atoms with E-state index in [2.05, 4.69) is 26.0 Å². The van der Waals surface area contributed by atoms with Crippen LogP contribution in [0.3, 0.4) is 0 Å². The first kappa shape index (κ1) is 38.3. The molecule has 0 radical (unpaired) electrons. The van der Waals surface area contributed by atoms with E-state index in [9.17, 15) is 4.79 Å². The van der Waals surface area contributed by atoms with Gasteiger partial charge in [-0.3, -0.25) is 4.79 Å². The number of hydrogen-bond acceptors (Lipinski definition) is 2. The third-order valence-electron chi connectivity index (χ3n) is 7.16. The Morgan fingerprint density at radius 1 is 0.459 bits per heavy atom. The van der Waals surface area contributed by atoms with Gasteiger partial charge in [0.05, 0.1) is 0 Å². The molecule has 3 heteroatoms. The topological polar surface area (TPSA) is 57.5 Å². The highest BCUT2D eigenvalue weighted by atomic mass is 16.4. The standard InChI is InChI=1S/C18H38O.C16H30O2/c1-2-3-4-5-6-7-8-9-10-11-12-13-14-15-16-17-18-19;1-2-3-4-5-6-7-8-9-10-11-12-13-14-15-16(17)18/h19H,2-18H2,1H3;7-8H,2-6,9-15H2,1H3,(H,17,18)/b;8-7-. The van der Waals surface area contributed by atoms with Gasteiger partial charge in [-0.15, -0.1) is 0 Å². The molecular weight excluding hydrogens is 456 g/mol. The van der Waals surface area contributed by atoms with Crippen molar-refractivity contribution in [1.29, 1.82) is 0 Å². The zero-order valence-corrected chi connectivity index (χ0v) is 25.5. The van der Waals surface area contributed by atoms with Crippen molar-refractivity contribution < 1.29 is 15.0 Å². The summed E-state index contributed by atoms with van der Waals surface area (Å²) in [6.07, 6.45) is 40.5. The van der Waals surface area contributed by atoms with E-state index in [1.54, 1.807) is 0 Å². The highest BCUT2D eigenvalue weighted by molar-refractivity contribution is 5.66. The van der Waals surface area contributed by atoms with Crippen molar-refractivity contribution in [2.75, 3.05) is 6.61 Å². The summed E-state index contributed by atoms with van der Waals surface area (Å²) in [5, 5.41) is 17.2. The minimum atomic E-state index is -0.666. The Morgan fingerprint density at radius 2 is 0.757 bits per heavy atom. The van der Waals surface area contributed by atoms with Crippen LogP contribution in [0.2, 0.25) is 0 Å². The van der Waals surface area contributed by atoms with E-state index in [-0.39, 0.29) is 0 Å². The van der Waals surface area contributed by atoms with Crippen LogP contribution < -0.4 is 0 Å². The molecule has 0 atom stereocenters. The number of carboxylic acid groups (broad SMARTS) is 1. The molecule has 0 aromatic rings. The van der Waals surface area contributed by atoms with Crippen molar-refractivity contribution in [3.05, 3.63) is 12.2 Å². The van der Waals surface area contributed by atoms with Crippen LogP contribution in [0.4, 0.5) is 0 Å². The second-order valence-corrected chi connectivity index (χ2v) is 11.0. The lowest BCUT2D eigenvalue weighted by Crippen LogP contribution is -1.93. The molecule has 0 fully saturated rings. The van der Waals surface area contributed by atoms with Gasteiger partial charge in [0.1, 0.15) is 0 Å². The summed E-state index contributed by atoms with van der Waals surface area (Å²) in [6.45, 7) is 4.90. The van der Waals surface area contributed by atoms with E-state index < -0.39 is 5.97 Å². The Hall–Kier alpha value is -0.830. The van der Waals surface area contributed by atoms with Gasteiger partial charge in [-0.1, -0.05) is 161 Å². The number of aliphatic hydroxyl groups excluding tert-OH is 1. The minimum Gasteiger partial charge on any atom is -0.481 e. The first-order valence-corrected chi connectivity index (χ1v) is 16.7. The third kappa shape index (κ3) is 42.5. The van der Waals surface area contributed by atoms with E-state index in [1.165, 1.54) is 154 Å². The van der Waals surface area contributed by atoms with Crippen molar-refractivity contribution in [2.24, 2.45) is 0 Å². The smallest absolute Gasteiger partial charge is 0.303 e. The molecular formula is C34H68O3. The number of rotatable bonds is 29. The van der Waals surface area contributed by atoms with Crippen molar-refractivity contribution >= 4 is 5.97 Å². The summed E-state index contributed by atoms with van der Waals surface area (Å²) in [4.78, 5) is 10.3. The molecule has 0 saturated carbocycles. The molecule has 0 heterocycles. The molecule has 0 aromatic heterocycles. The number of hydrogen-bond donors (Lipinski definition) is 2. The van der Waals surface area contributed by atoms with E-state index in [0.29, 0.717) is 13.0 Å². The minimum absolute atomic E-state index is 0.331. The molecule has 0 aliphatic carbocycles. The Labute approximate surface area is 233 Å². The van der Waals surface area contributed by atoms with Crippen LogP contribution in [-0.2, 0) is 4.79 Å². The van der Waals surface area contributed by atoms with E-state index in [1.807, 2.05) is 0 Å². The molecule has 0 rings (SSSR count). The molecule has 0 spiro atoms. The summed E-state index contributed by atoms with van der Waals surface area (Å²) < 4.78 is 0. The number of allylic oxidation sites excluding steroid dienone is 2. The molecule has 0 amide bonds. The van der Waals surface area contributed by atoms with E-state index >= 15 is 0 Å². The molecule has 222 valence electrons. The monoisotopic (exact) mass is 525 g/mol. The van der Waals surface area contributed by atoms with Crippen LogP contribution in [0.5, 0.6) is 0 Å². The van der Waals surface area contributed by atoms with Crippen LogP contribution in [-0.4, -0.2) is 22.8 Å². The zero-order valence-electron chi connectivity index (χ0n) is 25.5. The van der Waals surface area contributed by atoms with Gasteiger partial charge in [0.25, 0.3) is 0 Å². The number of carboxylic acids is 1. The Kier molecular flexibility index (Phi) is 38.7. The van der Waals surface area contributed by atoms with Gasteiger partial charge < -0.3 is 10.2 Å². The molecule has 0 bridgehead atoms. The molecule has 37 heavy (non-hydrogen) atoms. The van der Waals surface area contributed by atoms with Crippen molar-refractivity contribution in [3.8, 4) is 0 Å². The fourth-order valence-corrected chi connectivity index (χ4v) is 4.65. The van der Waals surface area contributed by atoms with Gasteiger partial charge in [-0.05, 0) is 38.5 Å². The number of unbranched alkanes of at least 4 members (excludes halogenated alkanes) is 24. The highest BCUT2D eigenvalue weighted by Crippen LogP contribution is 2.13. The van der Waals surface area contributed by atoms with Crippen molar-refractivity contribution in [3.63, 3.8) is 0 Å². The summed E-state index contributed by atoms with van der Waals surface area (Å²) >= 11 is 0. The van der Waals surface area contributed by atoms with E-state index in [4.69, 9.17) is 10.2 Å². The predicted molar refractivity (Wildman–Crippen MR) is 164 cm³/mol. The summed E-state index contributed by atoms with van der Waals surface area (Å²) in [5.74, 6) is -0.666. The molecule has 0 aromatic carbocycles. The lowest BCUT2D eigenvalue weighted by atomic mass is 10.0. The van der Waals surface area contributed by atoms with Gasteiger partial charge in [0, 0.05) is 13.0 Å². The quantitative estimate of drug-likeness (QED) is 0.0755. The number of carbonyl (C=O) groups is 1. The third-order valence-corrected chi connectivity index (χ3v) is 7.16. The maximum atomic E-state index is 10.3. The van der Waals surface area contributed by atoms with Crippen LogP contribution in [0, 0.1) is 0 Å². The number of aliphatic carboxylic acids is 1. The van der Waals surface area contributed by atoms with Crippen molar-refractivity contribution in [1.82, 2.24) is 0 Å². The molecule has 0 unspecified atom stereocenters. The first-order valence-electron chi connectivity index (χ1n) is 16.7. The summed E-state index contributed by atoms with van der Waals surface area (Å²) in [5.41, 5.74) is 0. The van der Waals surface area contributed by atoms with Crippen molar-refractivity contribution in [2.45, 2.75) is 194 Å². The molecule has 0 aliphatic rings. The Morgan fingerprint density at radius 3 is 1.11 bits per heavy atom. The number of aliphatic hydroxyl groups is 1. The van der Waals surface area contributed by atoms with E-state index in [0.717, 1.165) is 19.3 Å². The lowest BCUT2D eigenvalue weighted by Gasteiger charge is -2.03. The summed E-state index contributed by atoms with van der Waals surface area (Å²) in [7, 11) is 0. The second-order valence-electron chi connectivity index (χ2n) is 11.0. The van der Waals surface area contributed by atoms with Gasteiger partial charge in [-0.2, -0.15) is 0 Å². The largest absolute Gasteiger partial charge is 0.481 e. The lowest BCUT2D eigenvalue weighted by molar-refractivity contribution is -0.137.